The molecular weight excluding hydrogens is 520 g/mol. The van der Waals surface area contributed by atoms with Gasteiger partial charge in [0.25, 0.3) is 0 Å². The van der Waals surface area contributed by atoms with Gasteiger partial charge < -0.3 is 14.4 Å². The first-order valence-electron chi connectivity index (χ1n) is 12.7. The molecule has 0 radical (unpaired) electrons. The Hall–Kier alpha value is -2.73. The number of amides is 1. The Morgan fingerprint density at radius 1 is 0.974 bits per heavy atom. The lowest BCUT2D eigenvalue weighted by molar-refractivity contribution is -0.493. The SMILES string of the molecule is CC(NC(CCc1ccccc1)C(=O)OCCCON(O)O)C(=O)N1CCCC1C(=O)OCCCON(O)O. The highest BCUT2D eigenvalue weighted by Gasteiger charge is 2.38. The van der Waals surface area contributed by atoms with E-state index < -0.39 is 40.8 Å². The smallest absolute Gasteiger partial charge is 0.328 e. The standard InChI is InChI=1S/C24H38N4O11/c1-18(22(29)26-13-5-10-21(26)24(31)37-15-7-17-39-28(34)35)25-20(12-11-19-8-3-2-4-9-19)23(30)36-14-6-16-38-27(32)33/h2-4,8-9,18,20-21,25,32-35H,5-7,10-17H2,1H3. The zero-order valence-corrected chi connectivity index (χ0v) is 21.9. The fourth-order valence-electron chi connectivity index (χ4n) is 4.07. The van der Waals surface area contributed by atoms with Crippen molar-refractivity contribution in [2.75, 3.05) is 33.0 Å². The maximum Gasteiger partial charge on any atom is 0.328 e. The minimum absolute atomic E-state index is 0.0217. The topological polar surface area (TPSA) is 191 Å². The van der Waals surface area contributed by atoms with Crippen molar-refractivity contribution in [3.05, 3.63) is 35.9 Å². The lowest BCUT2D eigenvalue weighted by atomic mass is 10.0. The number of hydrogen-bond donors (Lipinski definition) is 5. The van der Waals surface area contributed by atoms with Crippen LogP contribution >= 0.6 is 0 Å². The van der Waals surface area contributed by atoms with Crippen LogP contribution in [0.3, 0.4) is 0 Å². The first-order chi connectivity index (χ1) is 18.7. The molecule has 1 fully saturated rings. The van der Waals surface area contributed by atoms with Crippen molar-refractivity contribution >= 4 is 17.8 Å². The molecule has 220 valence electrons. The van der Waals surface area contributed by atoms with E-state index in [1.807, 2.05) is 30.3 Å². The number of esters is 2. The molecule has 1 saturated heterocycles. The number of nitrogens with one attached hydrogen (secondary N) is 1. The summed E-state index contributed by atoms with van der Waals surface area (Å²) in [6.07, 6.45) is 2.39. The molecule has 39 heavy (non-hydrogen) atoms. The van der Waals surface area contributed by atoms with E-state index in [2.05, 4.69) is 15.0 Å². The van der Waals surface area contributed by atoms with Gasteiger partial charge in [0, 0.05) is 19.4 Å². The van der Waals surface area contributed by atoms with Crippen LogP contribution in [0.1, 0.15) is 44.6 Å². The van der Waals surface area contributed by atoms with E-state index >= 15 is 0 Å². The number of ether oxygens (including phenoxy) is 2. The average Bonchev–Trinajstić information content (AvgIpc) is 3.40. The van der Waals surface area contributed by atoms with Crippen molar-refractivity contribution in [2.45, 2.75) is 63.6 Å². The molecule has 5 N–H and O–H groups in total. The van der Waals surface area contributed by atoms with Crippen LogP contribution in [0.25, 0.3) is 0 Å². The number of carbonyl (C=O) groups is 3. The molecular formula is C24H38N4O11. The summed E-state index contributed by atoms with van der Waals surface area (Å²) in [5.41, 5.74) is 1.01. The molecule has 15 nitrogen and oxygen atoms in total. The summed E-state index contributed by atoms with van der Waals surface area (Å²) in [5.74, 6) is -1.49. The van der Waals surface area contributed by atoms with Crippen molar-refractivity contribution in [2.24, 2.45) is 0 Å². The Morgan fingerprint density at radius 2 is 1.59 bits per heavy atom. The molecule has 1 amide bonds. The second-order valence-electron chi connectivity index (χ2n) is 8.87. The molecule has 1 heterocycles. The first kappa shape index (κ1) is 32.5. The monoisotopic (exact) mass is 558 g/mol. The Kier molecular flexibility index (Phi) is 14.8. The summed E-state index contributed by atoms with van der Waals surface area (Å²) >= 11 is 0. The minimum atomic E-state index is -0.817. The zero-order valence-electron chi connectivity index (χ0n) is 21.9. The predicted molar refractivity (Wildman–Crippen MR) is 130 cm³/mol. The predicted octanol–water partition coefficient (Wildman–Crippen LogP) is 0.848. The number of carbonyl (C=O) groups excluding carboxylic acids is 3. The molecule has 3 atom stereocenters. The van der Waals surface area contributed by atoms with Crippen LogP contribution in [0, 0.1) is 0 Å². The first-order valence-corrected chi connectivity index (χ1v) is 12.7. The van der Waals surface area contributed by atoms with Crippen LogP contribution in [-0.2, 0) is 40.0 Å². The van der Waals surface area contributed by atoms with Crippen molar-refractivity contribution in [3.63, 3.8) is 0 Å². The quantitative estimate of drug-likeness (QED) is 0.0967. The van der Waals surface area contributed by atoms with Gasteiger partial charge in [0.15, 0.2) is 0 Å². The van der Waals surface area contributed by atoms with Gasteiger partial charge in [-0.05, 0) is 38.2 Å². The van der Waals surface area contributed by atoms with Crippen molar-refractivity contribution in [1.29, 1.82) is 0 Å². The van der Waals surface area contributed by atoms with Gasteiger partial charge in [-0.1, -0.05) is 30.3 Å². The van der Waals surface area contributed by atoms with Gasteiger partial charge in [-0.15, -0.1) is 0 Å². The molecule has 0 aromatic heterocycles. The van der Waals surface area contributed by atoms with E-state index in [4.69, 9.17) is 30.3 Å². The van der Waals surface area contributed by atoms with Crippen molar-refractivity contribution < 1.29 is 54.4 Å². The molecule has 3 unspecified atom stereocenters. The molecule has 1 aliphatic rings. The lowest BCUT2D eigenvalue weighted by Gasteiger charge is -2.28. The zero-order chi connectivity index (χ0) is 28.6. The van der Waals surface area contributed by atoms with Gasteiger partial charge in [-0.3, -0.25) is 45.4 Å². The number of aryl methyl sites for hydroxylation is 1. The Bertz CT molecular complexity index is 875. The van der Waals surface area contributed by atoms with Crippen LogP contribution < -0.4 is 5.32 Å². The Labute approximate surface area is 226 Å². The van der Waals surface area contributed by atoms with Gasteiger partial charge in [-0.2, -0.15) is 0 Å². The second-order valence-corrected chi connectivity index (χ2v) is 8.87. The summed E-state index contributed by atoms with van der Waals surface area (Å²) in [5, 5.41) is 36.3. The largest absolute Gasteiger partial charge is 0.464 e. The number of hydrogen-bond acceptors (Lipinski definition) is 14. The van der Waals surface area contributed by atoms with Crippen molar-refractivity contribution in [3.8, 4) is 0 Å². The molecule has 1 aromatic rings. The van der Waals surface area contributed by atoms with Gasteiger partial charge in [-0.25, -0.2) is 4.79 Å². The number of benzene rings is 1. The molecule has 0 bridgehead atoms. The van der Waals surface area contributed by atoms with Gasteiger partial charge in [0.05, 0.1) is 43.2 Å². The van der Waals surface area contributed by atoms with Gasteiger partial charge >= 0.3 is 11.9 Å². The highest BCUT2D eigenvalue weighted by molar-refractivity contribution is 5.88. The molecule has 0 saturated carbocycles. The number of likely N-dealkylation sites (tertiary alicyclic amines) is 1. The van der Waals surface area contributed by atoms with E-state index in [1.54, 1.807) is 6.92 Å². The van der Waals surface area contributed by atoms with Crippen LogP contribution in [0.4, 0.5) is 0 Å². The Morgan fingerprint density at radius 3 is 2.21 bits per heavy atom. The summed E-state index contributed by atoms with van der Waals surface area (Å²) in [7, 11) is 0. The van der Waals surface area contributed by atoms with Crippen molar-refractivity contribution in [1.82, 2.24) is 21.0 Å². The molecule has 1 aliphatic heterocycles. The molecule has 1 aromatic carbocycles. The second kappa shape index (κ2) is 17.8. The maximum atomic E-state index is 13.3. The third-order valence-electron chi connectivity index (χ3n) is 5.96. The van der Waals surface area contributed by atoms with E-state index in [0.29, 0.717) is 32.2 Å². The van der Waals surface area contributed by atoms with Crippen LogP contribution in [0.5, 0.6) is 0 Å². The molecule has 2 rings (SSSR count). The van der Waals surface area contributed by atoms with E-state index in [0.717, 1.165) is 5.56 Å². The number of nitrogens with zero attached hydrogens (tertiary/aromatic N) is 3. The van der Waals surface area contributed by atoms with E-state index in [-0.39, 0.29) is 45.2 Å². The third-order valence-corrected chi connectivity index (χ3v) is 5.96. The summed E-state index contributed by atoms with van der Waals surface area (Å²) in [4.78, 5) is 49.0. The highest BCUT2D eigenvalue weighted by atomic mass is 17.1. The molecule has 0 spiro atoms. The van der Waals surface area contributed by atoms with E-state index in [1.165, 1.54) is 4.90 Å². The summed E-state index contributed by atoms with van der Waals surface area (Å²) in [6.45, 7) is 1.76. The van der Waals surface area contributed by atoms with Gasteiger partial charge in [0.2, 0.25) is 5.91 Å². The fraction of sp³-hybridized carbons (Fsp3) is 0.625. The highest BCUT2D eigenvalue weighted by Crippen LogP contribution is 2.20. The van der Waals surface area contributed by atoms with Gasteiger partial charge in [0.1, 0.15) is 12.1 Å². The average molecular weight is 559 g/mol. The number of rotatable bonds is 18. The minimum Gasteiger partial charge on any atom is -0.464 e. The third kappa shape index (κ3) is 12.3. The van der Waals surface area contributed by atoms with Crippen LogP contribution in [-0.4, -0.2) is 105 Å². The van der Waals surface area contributed by atoms with Crippen LogP contribution in [0.15, 0.2) is 30.3 Å². The van der Waals surface area contributed by atoms with E-state index in [9.17, 15) is 14.4 Å². The normalized spacial score (nSPS) is 16.9. The summed E-state index contributed by atoms with van der Waals surface area (Å²) < 4.78 is 10.5. The fourth-order valence-corrected chi connectivity index (χ4v) is 4.07. The molecule has 15 heteroatoms. The maximum absolute atomic E-state index is 13.3. The van der Waals surface area contributed by atoms with Crippen LogP contribution in [0.2, 0.25) is 0 Å². The molecule has 0 aliphatic carbocycles. The Balaban J connectivity index is 1.93. The summed E-state index contributed by atoms with van der Waals surface area (Å²) in [6, 6.07) is 7.15. The lowest BCUT2D eigenvalue weighted by Crippen LogP contribution is -2.53.